The van der Waals surface area contributed by atoms with Crippen LogP contribution in [0.2, 0.25) is 0 Å². The van der Waals surface area contributed by atoms with Gasteiger partial charge in [-0.25, -0.2) is 0 Å². The third kappa shape index (κ3) is 4.32. The standard InChI is InChI=1S/C17H30O2/c1-3-5-7-12-16-14(4-2)13-18-17(19-16)15-10-8-6-9-11-15/h6,8,14-17H,3-5,7,9-13H2,1-2H3/t14-,15-,16+,17-/m0/s1. The smallest absolute Gasteiger partial charge is 0.161 e. The Morgan fingerprint density at radius 3 is 2.74 bits per heavy atom. The third-order valence-electron chi connectivity index (χ3n) is 4.62. The zero-order chi connectivity index (χ0) is 13.5. The summed E-state index contributed by atoms with van der Waals surface area (Å²) in [6, 6.07) is 0. The van der Waals surface area contributed by atoms with E-state index in [4.69, 9.17) is 9.47 Å². The molecule has 0 spiro atoms. The Balaban J connectivity index is 1.85. The lowest BCUT2D eigenvalue weighted by atomic mass is 9.90. The summed E-state index contributed by atoms with van der Waals surface area (Å²) in [5.74, 6) is 1.18. The van der Waals surface area contributed by atoms with Gasteiger partial charge in [-0.3, -0.25) is 0 Å². The molecule has 1 aliphatic heterocycles. The van der Waals surface area contributed by atoms with Gasteiger partial charge in [0.2, 0.25) is 0 Å². The number of unbranched alkanes of at least 4 members (excludes halogenated alkanes) is 2. The van der Waals surface area contributed by atoms with E-state index in [2.05, 4.69) is 26.0 Å². The van der Waals surface area contributed by atoms with E-state index in [1.807, 2.05) is 0 Å². The van der Waals surface area contributed by atoms with Crippen LogP contribution in [0.5, 0.6) is 0 Å². The first-order valence-corrected chi connectivity index (χ1v) is 8.27. The van der Waals surface area contributed by atoms with Gasteiger partial charge in [-0.15, -0.1) is 0 Å². The Hall–Kier alpha value is -0.340. The molecule has 0 aromatic rings. The van der Waals surface area contributed by atoms with Crippen LogP contribution in [0, 0.1) is 11.8 Å². The molecule has 1 heterocycles. The fraction of sp³-hybridized carbons (Fsp3) is 0.882. The molecular weight excluding hydrogens is 236 g/mol. The lowest BCUT2D eigenvalue weighted by molar-refractivity contribution is -0.259. The molecule has 2 rings (SSSR count). The molecule has 2 nitrogen and oxygen atoms in total. The predicted octanol–water partition coefficient (Wildman–Crippen LogP) is 4.69. The molecule has 1 aliphatic carbocycles. The summed E-state index contributed by atoms with van der Waals surface area (Å²) in [6.45, 7) is 5.42. The Kier molecular flexibility index (Phi) is 6.39. The molecule has 2 heteroatoms. The molecule has 0 saturated carbocycles. The van der Waals surface area contributed by atoms with Crippen LogP contribution in [0.15, 0.2) is 12.2 Å². The average molecular weight is 266 g/mol. The summed E-state index contributed by atoms with van der Waals surface area (Å²) in [5.41, 5.74) is 0. The molecule has 0 aromatic heterocycles. The van der Waals surface area contributed by atoms with E-state index in [-0.39, 0.29) is 6.29 Å². The van der Waals surface area contributed by atoms with Crippen LogP contribution < -0.4 is 0 Å². The van der Waals surface area contributed by atoms with Crippen molar-refractivity contribution in [1.29, 1.82) is 0 Å². The fourth-order valence-corrected chi connectivity index (χ4v) is 3.24. The van der Waals surface area contributed by atoms with Crippen LogP contribution in [0.3, 0.4) is 0 Å². The molecule has 19 heavy (non-hydrogen) atoms. The van der Waals surface area contributed by atoms with E-state index in [0.29, 0.717) is 17.9 Å². The first kappa shape index (κ1) is 15.1. The van der Waals surface area contributed by atoms with Crippen LogP contribution in [0.1, 0.15) is 65.2 Å². The number of hydrogen-bond donors (Lipinski definition) is 0. The molecule has 0 amide bonds. The van der Waals surface area contributed by atoms with Crippen molar-refractivity contribution >= 4 is 0 Å². The Morgan fingerprint density at radius 1 is 1.16 bits per heavy atom. The van der Waals surface area contributed by atoms with E-state index < -0.39 is 0 Å². The summed E-state index contributed by atoms with van der Waals surface area (Å²) in [7, 11) is 0. The monoisotopic (exact) mass is 266 g/mol. The van der Waals surface area contributed by atoms with Crippen molar-refractivity contribution in [3.63, 3.8) is 0 Å². The van der Waals surface area contributed by atoms with Gasteiger partial charge in [-0.1, -0.05) is 45.3 Å². The van der Waals surface area contributed by atoms with Crippen LogP contribution in [-0.2, 0) is 9.47 Å². The Morgan fingerprint density at radius 2 is 2.05 bits per heavy atom. The maximum absolute atomic E-state index is 6.32. The highest BCUT2D eigenvalue weighted by atomic mass is 16.7. The Bertz CT molecular complexity index is 274. The normalized spacial score (nSPS) is 35.5. The molecule has 4 atom stereocenters. The summed E-state index contributed by atoms with van der Waals surface area (Å²) in [5, 5.41) is 0. The van der Waals surface area contributed by atoms with Gasteiger partial charge in [0.15, 0.2) is 6.29 Å². The summed E-state index contributed by atoms with van der Waals surface area (Å²) < 4.78 is 12.3. The predicted molar refractivity (Wildman–Crippen MR) is 79.0 cm³/mol. The minimum Gasteiger partial charge on any atom is -0.352 e. The van der Waals surface area contributed by atoms with Crippen LogP contribution in [0.4, 0.5) is 0 Å². The zero-order valence-corrected chi connectivity index (χ0v) is 12.6. The molecule has 0 aromatic carbocycles. The summed E-state index contributed by atoms with van der Waals surface area (Å²) in [6.07, 6.45) is 14.9. The van der Waals surface area contributed by atoms with Gasteiger partial charge >= 0.3 is 0 Å². The highest BCUT2D eigenvalue weighted by Gasteiger charge is 2.34. The van der Waals surface area contributed by atoms with Crippen molar-refractivity contribution in [3.8, 4) is 0 Å². The van der Waals surface area contributed by atoms with Crippen molar-refractivity contribution in [1.82, 2.24) is 0 Å². The molecule has 1 saturated heterocycles. The Labute approximate surface area is 118 Å². The number of hydrogen-bond acceptors (Lipinski definition) is 2. The zero-order valence-electron chi connectivity index (χ0n) is 12.6. The molecule has 0 bridgehead atoms. The average Bonchev–Trinajstić information content (AvgIpc) is 2.48. The maximum Gasteiger partial charge on any atom is 0.161 e. The molecule has 0 N–H and O–H groups in total. The second kappa shape index (κ2) is 8.06. The molecule has 2 aliphatic rings. The highest BCUT2D eigenvalue weighted by Crippen LogP contribution is 2.32. The number of rotatable bonds is 6. The van der Waals surface area contributed by atoms with E-state index >= 15 is 0 Å². The van der Waals surface area contributed by atoms with Gasteiger partial charge in [0.25, 0.3) is 0 Å². The topological polar surface area (TPSA) is 18.5 Å². The largest absolute Gasteiger partial charge is 0.352 e. The van der Waals surface area contributed by atoms with Crippen molar-refractivity contribution in [3.05, 3.63) is 12.2 Å². The fourth-order valence-electron chi connectivity index (χ4n) is 3.24. The van der Waals surface area contributed by atoms with E-state index in [9.17, 15) is 0 Å². The lowest BCUT2D eigenvalue weighted by Crippen LogP contribution is -2.43. The summed E-state index contributed by atoms with van der Waals surface area (Å²) >= 11 is 0. The molecule has 110 valence electrons. The van der Waals surface area contributed by atoms with Gasteiger partial charge < -0.3 is 9.47 Å². The van der Waals surface area contributed by atoms with Crippen LogP contribution in [0.25, 0.3) is 0 Å². The quantitative estimate of drug-likeness (QED) is 0.513. The van der Waals surface area contributed by atoms with Gasteiger partial charge in [0, 0.05) is 11.8 Å². The van der Waals surface area contributed by atoms with Crippen molar-refractivity contribution < 1.29 is 9.47 Å². The van der Waals surface area contributed by atoms with Gasteiger partial charge in [-0.2, -0.15) is 0 Å². The first-order chi connectivity index (χ1) is 9.35. The first-order valence-electron chi connectivity index (χ1n) is 8.27. The van der Waals surface area contributed by atoms with Crippen LogP contribution in [-0.4, -0.2) is 19.0 Å². The van der Waals surface area contributed by atoms with Gasteiger partial charge in [-0.05, 0) is 32.1 Å². The SMILES string of the molecule is CCCCC[C@H]1O[C@@H]([C@H]2CC=CCC2)OC[C@@H]1CC. The second-order valence-corrected chi connectivity index (χ2v) is 6.08. The van der Waals surface area contributed by atoms with Crippen molar-refractivity contribution in [2.45, 2.75) is 77.6 Å². The molecular formula is C17H30O2. The van der Waals surface area contributed by atoms with Gasteiger partial charge in [0.05, 0.1) is 12.7 Å². The highest BCUT2D eigenvalue weighted by molar-refractivity contribution is 4.92. The maximum atomic E-state index is 6.32. The minimum atomic E-state index is 0.0550. The third-order valence-corrected chi connectivity index (χ3v) is 4.62. The number of ether oxygens (including phenoxy) is 2. The molecule has 0 radical (unpaired) electrons. The second-order valence-electron chi connectivity index (χ2n) is 6.08. The summed E-state index contributed by atoms with van der Waals surface area (Å²) in [4.78, 5) is 0. The van der Waals surface area contributed by atoms with Crippen molar-refractivity contribution in [2.75, 3.05) is 6.61 Å². The van der Waals surface area contributed by atoms with E-state index in [1.54, 1.807) is 0 Å². The molecule has 1 fully saturated rings. The van der Waals surface area contributed by atoms with E-state index in [1.165, 1.54) is 44.9 Å². The lowest BCUT2D eigenvalue weighted by Gasteiger charge is -2.40. The van der Waals surface area contributed by atoms with Gasteiger partial charge in [0.1, 0.15) is 0 Å². The van der Waals surface area contributed by atoms with Crippen molar-refractivity contribution in [2.24, 2.45) is 11.8 Å². The minimum absolute atomic E-state index is 0.0550. The molecule has 0 unspecified atom stereocenters. The van der Waals surface area contributed by atoms with Crippen LogP contribution >= 0.6 is 0 Å². The van der Waals surface area contributed by atoms with E-state index in [0.717, 1.165) is 13.0 Å². The number of allylic oxidation sites excluding steroid dienone is 2.